The van der Waals surface area contributed by atoms with Crippen molar-refractivity contribution >= 4 is 27.5 Å². The minimum absolute atomic E-state index is 0.607. The van der Waals surface area contributed by atoms with Gasteiger partial charge in [0.25, 0.3) is 0 Å². The molecule has 0 aliphatic rings. The van der Waals surface area contributed by atoms with E-state index in [0.717, 1.165) is 15.8 Å². The lowest BCUT2D eigenvalue weighted by Crippen LogP contribution is -1.88. The standard InChI is InChI=1S/C13H10BrClO/c1-9-7-10(14)8-12(15)13(9)16-11-5-3-2-4-6-11/h2-8H,1H3. The van der Waals surface area contributed by atoms with Crippen LogP contribution in [0.15, 0.2) is 46.9 Å². The third-order valence-electron chi connectivity index (χ3n) is 2.16. The van der Waals surface area contributed by atoms with Crippen molar-refractivity contribution in [2.75, 3.05) is 0 Å². The number of rotatable bonds is 2. The van der Waals surface area contributed by atoms with E-state index in [1.807, 2.05) is 49.4 Å². The molecule has 2 aromatic rings. The second kappa shape index (κ2) is 4.89. The largest absolute Gasteiger partial charge is 0.456 e. The van der Waals surface area contributed by atoms with Crippen LogP contribution in [0.25, 0.3) is 0 Å². The lowest BCUT2D eigenvalue weighted by Gasteiger charge is -2.10. The molecule has 0 saturated carbocycles. The van der Waals surface area contributed by atoms with Gasteiger partial charge in [-0.25, -0.2) is 0 Å². The molecule has 0 aliphatic heterocycles. The van der Waals surface area contributed by atoms with Crippen LogP contribution in [0, 0.1) is 6.92 Å². The summed E-state index contributed by atoms with van der Waals surface area (Å²) in [6.07, 6.45) is 0. The zero-order valence-corrected chi connectivity index (χ0v) is 11.0. The van der Waals surface area contributed by atoms with Gasteiger partial charge in [-0.3, -0.25) is 0 Å². The molecular formula is C13H10BrClO. The fraction of sp³-hybridized carbons (Fsp3) is 0.0769. The van der Waals surface area contributed by atoms with Gasteiger partial charge in [-0.1, -0.05) is 45.7 Å². The smallest absolute Gasteiger partial charge is 0.148 e. The summed E-state index contributed by atoms with van der Waals surface area (Å²) in [5.41, 5.74) is 1.00. The Kier molecular flexibility index (Phi) is 3.52. The molecule has 3 heteroatoms. The highest BCUT2D eigenvalue weighted by Gasteiger charge is 2.07. The van der Waals surface area contributed by atoms with Crippen molar-refractivity contribution < 1.29 is 4.74 Å². The van der Waals surface area contributed by atoms with Crippen LogP contribution in [0.1, 0.15) is 5.56 Å². The molecule has 0 amide bonds. The Morgan fingerprint density at radius 1 is 1.12 bits per heavy atom. The van der Waals surface area contributed by atoms with E-state index in [4.69, 9.17) is 16.3 Å². The first-order chi connectivity index (χ1) is 7.66. The van der Waals surface area contributed by atoms with Crippen LogP contribution in [0.3, 0.4) is 0 Å². The van der Waals surface area contributed by atoms with Crippen LogP contribution >= 0.6 is 27.5 Å². The van der Waals surface area contributed by atoms with E-state index < -0.39 is 0 Å². The van der Waals surface area contributed by atoms with E-state index in [9.17, 15) is 0 Å². The number of hydrogen-bond donors (Lipinski definition) is 0. The van der Waals surface area contributed by atoms with E-state index >= 15 is 0 Å². The van der Waals surface area contributed by atoms with E-state index in [2.05, 4.69) is 15.9 Å². The molecule has 0 heterocycles. The van der Waals surface area contributed by atoms with Crippen molar-refractivity contribution in [2.24, 2.45) is 0 Å². The summed E-state index contributed by atoms with van der Waals surface area (Å²) < 4.78 is 6.70. The van der Waals surface area contributed by atoms with Gasteiger partial charge in [0.15, 0.2) is 0 Å². The highest BCUT2D eigenvalue weighted by molar-refractivity contribution is 9.10. The van der Waals surface area contributed by atoms with Gasteiger partial charge in [0.1, 0.15) is 11.5 Å². The second-order valence-corrected chi connectivity index (χ2v) is 4.77. The molecule has 0 radical (unpaired) electrons. The summed E-state index contributed by atoms with van der Waals surface area (Å²) in [6.45, 7) is 1.97. The first-order valence-electron chi connectivity index (χ1n) is 4.85. The quantitative estimate of drug-likeness (QED) is 0.740. The zero-order valence-electron chi connectivity index (χ0n) is 8.71. The highest BCUT2D eigenvalue weighted by Crippen LogP contribution is 2.35. The predicted molar refractivity (Wildman–Crippen MR) is 70.4 cm³/mol. The van der Waals surface area contributed by atoms with Gasteiger partial charge in [0.2, 0.25) is 0 Å². The first kappa shape index (κ1) is 11.5. The summed E-state index contributed by atoms with van der Waals surface area (Å²) >= 11 is 9.52. The van der Waals surface area contributed by atoms with Crippen LogP contribution in [0.2, 0.25) is 5.02 Å². The molecular weight excluding hydrogens is 287 g/mol. The molecule has 0 unspecified atom stereocenters. The Morgan fingerprint density at radius 2 is 1.81 bits per heavy atom. The Labute approximate surface area is 108 Å². The molecule has 2 aromatic carbocycles. The van der Waals surface area contributed by atoms with Gasteiger partial charge < -0.3 is 4.74 Å². The first-order valence-corrected chi connectivity index (χ1v) is 6.02. The molecule has 0 aliphatic carbocycles. The average molecular weight is 298 g/mol. The lowest BCUT2D eigenvalue weighted by molar-refractivity contribution is 0.479. The zero-order chi connectivity index (χ0) is 11.5. The van der Waals surface area contributed by atoms with Gasteiger partial charge in [-0.2, -0.15) is 0 Å². The number of ether oxygens (including phenoxy) is 1. The van der Waals surface area contributed by atoms with Crippen molar-refractivity contribution in [3.8, 4) is 11.5 Å². The highest BCUT2D eigenvalue weighted by atomic mass is 79.9. The van der Waals surface area contributed by atoms with E-state index in [0.29, 0.717) is 10.8 Å². The SMILES string of the molecule is Cc1cc(Br)cc(Cl)c1Oc1ccccc1. The maximum absolute atomic E-state index is 6.13. The number of aryl methyl sites for hydroxylation is 1. The summed E-state index contributed by atoms with van der Waals surface area (Å²) in [4.78, 5) is 0. The van der Waals surface area contributed by atoms with Crippen molar-refractivity contribution in [2.45, 2.75) is 6.92 Å². The molecule has 0 bridgehead atoms. The monoisotopic (exact) mass is 296 g/mol. The summed E-state index contributed by atoms with van der Waals surface area (Å²) in [6, 6.07) is 13.4. The molecule has 1 nitrogen and oxygen atoms in total. The maximum atomic E-state index is 6.13. The predicted octanol–water partition coefficient (Wildman–Crippen LogP) is 5.20. The normalized spacial score (nSPS) is 10.2. The van der Waals surface area contributed by atoms with E-state index in [1.54, 1.807) is 0 Å². The number of halogens is 2. The van der Waals surface area contributed by atoms with Crippen LogP contribution < -0.4 is 4.74 Å². The van der Waals surface area contributed by atoms with Gasteiger partial charge in [0, 0.05) is 4.47 Å². The van der Waals surface area contributed by atoms with Crippen molar-refractivity contribution in [1.29, 1.82) is 0 Å². The molecule has 2 rings (SSSR count). The minimum atomic E-state index is 0.607. The molecule has 0 aromatic heterocycles. The minimum Gasteiger partial charge on any atom is -0.456 e. The third-order valence-corrected chi connectivity index (χ3v) is 2.90. The molecule has 0 atom stereocenters. The number of benzene rings is 2. The van der Waals surface area contributed by atoms with Gasteiger partial charge >= 0.3 is 0 Å². The van der Waals surface area contributed by atoms with Crippen LogP contribution in [-0.4, -0.2) is 0 Å². The molecule has 82 valence electrons. The molecule has 0 saturated heterocycles. The fourth-order valence-electron chi connectivity index (χ4n) is 1.42. The molecule has 16 heavy (non-hydrogen) atoms. The van der Waals surface area contributed by atoms with Crippen molar-refractivity contribution in [3.05, 3.63) is 57.5 Å². The van der Waals surface area contributed by atoms with Gasteiger partial charge in [0.05, 0.1) is 5.02 Å². The van der Waals surface area contributed by atoms with Crippen molar-refractivity contribution in [1.82, 2.24) is 0 Å². The number of hydrogen-bond acceptors (Lipinski definition) is 1. The topological polar surface area (TPSA) is 9.23 Å². The van der Waals surface area contributed by atoms with E-state index in [1.165, 1.54) is 0 Å². The summed E-state index contributed by atoms with van der Waals surface area (Å²) in [5.74, 6) is 1.49. The second-order valence-electron chi connectivity index (χ2n) is 3.45. The fourth-order valence-corrected chi connectivity index (χ4v) is 2.43. The number of para-hydroxylation sites is 1. The average Bonchev–Trinajstić information content (AvgIpc) is 2.25. The van der Waals surface area contributed by atoms with Crippen LogP contribution in [0.4, 0.5) is 0 Å². The lowest BCUT2D eigenvalue weighted by atomic mass is 10.2. The summed E-state index contributed by atoms with van der Waals surface area (Å²) in [5, 5.41) is 0.607. The third kappa shape index (κ3) is 2.57. The Balaban J connectivity index is 2.35. The molecule has 0 fully saturated rings. The van der Waals surface area contributed by atoms with Gasteiger partial charge in [-0.15, -0.1) is 0 Å². The van der Waals surface area contributed by atoms with Gasteiger partial charge in [-0.05, 0) is 36.8 Å². The maximum Gasteiger partial charge on any atom is 0.148 e. The summed E-state index contributed by atoms with van der Waals surface area (Å²) in [7, 11) is 0. The Hall–Kier alpha value is -0.990. The molecule has 0 spiro atoms. The Bertz CT molecular complexity index is 474. The van der Waals surface area contributed by atoms with Crippen LogP contribution in [0.5, 0.6) is 11.5 Å². The molecule has 0 N–H and O–H groups in total. The van der Waals surface area contributed by atoms with E-state index in [-0.39, 0.29) is 0 Å². The van der Waals surface area contributed by atoms with Crippen LogP contribution in [-0.2, 0) is 0 Å². The Morgan fingerprint density at radius 3 is 2.44 bits per heavy atom. The van der Waals surface area contributed by atoms with Crippen molar-refractivity contribution in [3.63, 3.8) is 0 Å².